The van der Waals surface area contributed by atoms with Crippen LogP contribution < -0.4 is 4.90 Å². The van der Waals surface area contributed by atoms with Crippen molar-refractivity contribution in [1.29, 1.82) is 0 Å². The van der Waals surface area contributed by atoms with Crippen LogP contribution in [0.25, 0.3) is 28.3 Å². The summed E-state index contributed by atoms with van der Waals surface area (Å²) in [6.07, 6.45) is 3.68. The van der Waals surface area contributed by atoms with Gasteiger partial charge in [0.2, 0.25) is 0 Å². The van der Waals surface area contributed by atoms with Crippen molar-refractivity contribution >= 4 is 5.69 Å². The van der Waals surface area contributed by atoms with E-state index in [0.29, 0.717) is 18.4 Å². The number of aliphatic hydroxyl groups is 1. The summed E-state index contributed by atoms with van der Waals surface area (Å²) in [6, 6.07) is 15.2. The van der Waals surface area contributed by atoms with E-state index in [-0.39, 0.29) is 12.4 Å². The van der Waals surface area contributed by atoms with E-state index in [1.807, 2.05) is 4.68 Å². The van der Waals surface area contributed by atoms with Crippen molar-refractivity contribution in [2.75, 3.05) is 24.6 Å². The van der Waals surface area contributed by atoms with Gasteiger partial charge in [0, 0.05) is 49.6 Å². The molecule has 32 heavy (non-hydrogen) atoms. The first-order valence-electron chi connectivity index (χ1n) is 11.0. The molecule has 162 valence electrons. The fourth-order valence-electron chi connectivity index (χ4n) is 4.99. The van der Waals surface area contributed by atoms with Crippen molar-refractivity contribution in [2.24, 2.45) is 11.8 Å². The van der Waals surface area contributed by atoms with Crippen LogP contribution in [0.4, 0.5) is 10.1 Å². The van der Waals surface area contributed by atoms with Crippen molar-refractivity contribution in [3.63, 3.8) is 0 Å². The number of aromatic nitrogens is 4. The standard InChI is InChI=1S/C25H24FN5O/c1-16-10-29(13-20(16)14-32)22-6-7-23-19(8-22)12-30-11-18(17-2-4-21(26)5-3-17)9-24(30)25-27-15-28-31(23)25/h2-9,11,15-16,20,32H,10,12-14H2,1H3/t16-,20+/m1/s1. The van der Waals surface area contributed by atoms with E-state index in [2.05, 4.69) is 56.9 Å². The average Bonchev–Trinajstić information content (AvgIpc) is 3.51. The molecule has 6 rings (SSSR count). The second kappa shape index (κ2) is 7.31. The van der Waals surface area contributed by atoms with E-state index < -0.39 is 0 Å². The van der Waals surface area contributed by atoms with Crippen LogP contribution in [0.5, 0.6) is 0 Å². The van der Waals surface area contributed by atoms with E-state index in [9.17, 15) is 9.50 Å². The first kappa shape index (κ1) is 19.3. The maximum atomic E-state index is 13.4. The minimum absolute atomic E-state index is 0.226. The first-order valence-corrected chi connectivity index (χ1v) is 11.0. The molecule has 0 bridgehead atoms. The Morgan fingerprint density at radius 1 is 1.06 bits per heavy atom. The van der Waals surface area contributed by atoms with Crippen molar-refractivity contribution in [3.05, 3.63) is 72.4 Å². The number of hydrogen-bond acceptors (Lipinski definition) is 4. The Morgan fingerprint density at radius 2 is 1.91 bits per heavy atom. The number of aliphatic hydroxyl groups excluding tert-OH is 1. The lowest BCUT2D eigenvalue weighted by Gasteiger charge is -2.20. The number of benzene rings is 2. The largest absolute Gasteiger partial charge is 0.396 e. The maximum absolute atomic E-state index is 13.4. The molecule has 6 nitrogen and oxygen atoms in total. The van der Waals surface area contributed by atoms with Gasteiger partial charge in [-0.05, 0) is 53.4 Å². The lowest BCUT2D eigenvalue weighted by atomic mass is 10.00. The predicted octanol–water partition coefficient (Wildman–Crippen LogP) is 3.97. The number of anilines is 1. The van der Waals surface area contributed by atoms with Crippen LogP contribution in [0.2, 0.25) is 0 Å². The normalized spacial score (nSPS) is 19.4. The Balaban J connectivity index is 1.42. The molecular formula is C25H24FN5O. The van der Waals surface area contributed by atoms with Crippen LogP contribution in [-0.2, 0) is 6.54 Å². The van der Waals surface area contributed by atoms with Gasteiger partial charge in [-0.3, -0.25) is 0 Å². The van der Waals surface area contributed by atoms with Crippen LogP contribution in [0.1, 0.15) is 12.5 Å². The van der Waals surface area contributed by atoms with Crippen LogP contribution in [-0.4, -0.2) is 44.1 Å². The highest BCUT2D eigenvalue weighted by molar-refractivity contribution is 5.71. The van der Waals surface area contributed by atoms with E-state index in [4.69, 9.17) is 0 Å². The average molecular weight is 429 g/mol. The molecule has 4 heterocycles. The molecule has 2 aliphatic rings. The second-order valence-corrected chi connectivity index (χ2v) is 8.88. The summed E-state index contributed by atoms with van der Waals surface area (Å²) in [5, 5.41) is 14.2. The number of rotatable bonds is 3. The molecule has 0 spiro atoms. The molecule has 0 radical (unpaired) electrons. The zero-order valence-corrected chi connectivity index (χ0v) is 17.8. The topological polar surface area (TPSA) is 59.1 Å². The lowest BCUT2D eigenvalue weighted by Crippen LogP contribution is -2.21. The fourth-order valence-corrected chi connectivity index (χ4v) is 4.99. The molecule has 7 heteroatoms. The molecule has 1 fully saturated rings. The van der Waals surface area contributed by atoms with Crippen LogP contribution in [0.3, 0.4) is 0 Å². The summed E-state index contributed by atoms with van der Waals surface area (Å²) in [5.41, 5.74) is 6.33. The third-order valence-electron chi connectivity index (χ3n) is 6.85. The van der Waals surface area contributed by atoms with Gasteiger partial charge in [-0.1, -0.05) is 19.1 Å². The summed E-state index contributed by atoms with van der Waals surface area (Å²) in [7, 11) is 0. The maximum Gasteiger partial charge on any atom is 0.179 e. The minimum atomic E-state index is -0.240. The Labute approximate surface area is 185 Å². The van der Waals surface area contributed by atoms with Crippen molar-refractivity contribution in [1.82, 2.24) is 19.3 Å². The Morgan fingerprint density at radius 3 is 2.69 bits per heavy atom. The van der Waals surface area contributed by atoms with Gasteiger partial charge in [-0.25, -0.2) is 14.1 Å². The van der Waals surface area contributed by atoms with Crippen molar-refractivity contribution in [3.8, 4) is 28.3 Å². The third kappa shape index (κ3) is 3.04. The highest BCUT2D eigenvalue weighted by Crippen LogP contribution is 2.36. The van der Waals surface area contributed by atoms with Gasteiger partial charge < -0.3 is 14.6 Å². The molecule has 2 aromatic heterocycles. The van der Waals surface area contributed by atoms with Gasteiger partial charge >= 0.3 is 0 Å². The number of nitrogens with zero attached hydrogens (tertiary/aromatic N) is 5. The van der Waals surface area contributed by atoms with Gasteiger partial charge in [-0.2, -0.15) is 5.10 Å². The number of hydrogen-bond donors (Lipinski definition) is 1. The predicted molar refractivity (Wildman–Crippen MR) is 121 cm³/mol. The summed E-state index contributed by atoms with van der Waals surface area (Å²) in [4.78, 5) is 6.90. The highest BCUT2D eigenvalue weighted by atomic mass is 19.1. The SMILES string of the molecule is C[C@@H]1CN(c2ccc3c(c2)Cn2cc(-c4ccc(F)cc4)cc2-c2ncnn2-3)C[C@H]1CO. The molecule has 0 amide bonds. The molecule has 0 aliphatic carbocycles. The van der Waals surface area contributed by atoms with Gasteiger partial charge in [-0.15, -0.1) is 0 Å². The van der Waals surface area contributed by atoms with Crippen molar-refractivity contribution < 1.29 is 9.50 Å². The molecule has 1 N–H and O–H groups in total. The van der Waals surface area contributed by atoms with Gasteiger partial charge in [0.05, 0.1) is 11.4 Å². The van der Waals surface area contributed by atoms with E-state index >= 15 is 0 Å². The monoisotopic (exact) mass is 429 g/mol. The minimum Gasteiger partial charge on any atom is -0.396 e. The van der Waals surface area contributed by atoms with Crippen molar-refractivity contribution in [2.45, 2.75) is 13.5 Å². The summed E-state index contributed by atoms with van der Waals surface area (Å²) < 4.78 is 17.5. The molecule has 4 aromatic rings. The molecule has 0 unspecified atom stereocenters. The third-order valence-corrected chi connectivity index (χ3v) is 6.85. The number of halogens is 1. The smallest absolute Gasteiger partial charge is 0.179 e. The molecule has 2 atom stereocenters. The quantitative estimate of drug-likeness (QED) is 0.472. The Kier molecular flexibility index (Phi) is 4.40. The zero-order valence-electron chi connectivity index (χ0n) is 17.8. The first-order chi connectivity index (χ1) is 15.6. The molecule has 2 aromatic carbocycles. The number of fused-ring (bicyclic) bond motifs is 5. The molecule has 2 aliphatic heterocycles. The molecular weight excluding hydrogens is 405 g/mol. The van der Waals surface area contributed by atoms with E-state index in [1.165, 1.54) is 17.8 Å². The lowest BCUT2D eigenvalue weighted by molar-refractivity contribution is 0.212. The summed E-state index contributed by atoms with van der Waals surface area (Å²) >= 11 is 0. The summed E-state index contributed by atoms with van der Waals surface area (Å²) in [6.45, 7) is 4.94. The van der Waals surface area contributed by atoms with Crippen LogP contribution in [0.15, 0.2) is 61.1 Å². The zero-order chi connectivity index (χ0) is 21.8. The van der Waals surface area contributed by atoms with Crippen LogP contribution in [0, 0.1) is 17.7 Å². The van der Waals surface area contributed by atoms with Gasteiger partial charge in [0.25, 0.3) is 0 Å². The van der Waals surface area contributed by atoms with E-state index in [0.717, 1.165) is 47.0 Å². The summed E-state index contributed by atoms with van der Waals surface area (Å²) in [5.74, 6) is 1.33. The van der Waals surface area contributed by atoms with E-state index in [1.54, 1.807) is 18.5 Å². The highest BCUT2D eigenvalue weighted by Gasteiger charge is 2.30. The fraction of sp³-hybridized carbons (Fsp3) is 0.280. The van der Waals surface area contributed by atoms with Crippen LogP contribution >= 0.6 is 0 Å². The Bertz CT molecular complexity index is 1290. The molecule has 0 saturated carbocycles. The molecule has 1 saturated heterocycles. The Hall–Kier alpha value is -3.45. The second-order valence-electron chi connectivity index (χ2n) is 8.88. The van der Waals surface area contributed by atoms with Gasteiger partial charge in [0.1, 0.15) is 12.1 Å². The van der Waals surface area contributed by atoms with Gasteiger partial charge in [0.15, 0.2) is 5.82 Å².